The van der Waals surface area contributed by atoms with Gasteiger partial charge in [0.05, 0.1) is 0 Å². The van der Waals surface area contributed by atoms with E-state index in [-0.39, 0.29) is 18.5 Å². The number of carboxylic acids is 1. The molecule has 0 fully saturated rings. The zero-order valence-corrected chi connectivity index (χ0v) is 11.9. The maximum absolute atomic E-state index is 11.8. The lowest BCUT2D eigenvalue weighted by Crippen LogP contribution is -2.42. The Hall–Kier alpha value is -1.26. The van der Waals surface area contributed by atoms with Gasteiger partial charge in [0.15, 0.2) is 0 Å². The Morgan fingerprint density at radius 2 is 1.83 bits per heavy atom. The van der Waals surface area contributed by atoms with Crippen molar-refractivity contribution in [1.82, 2.24) is 10.2 Å². The number of hydrogen-bond acceptors (Lipinski definition) is 2. The molecule has 2 amide bonds. The average Bonchev–Trinajstić information content (AvgIpc) is 2.24. The molecular weight excluding hydrogens is 232 g/mol. The SMILES string of the molecule is CC(C)CCN(C)C(=O)NC(C)CCCC(=O)O. The summed E-state index contributed by atoms with van der Waals surface area (Å²) in [6.07, 6.45) is 2.42. The number of rotatable bonds is 8. The molecule has 5 heteroatoms. The van der Waals surface area contributed by atoms with Gasteiger partial charge in [0, 0.05) is 26.1 Å². The molecule has 0 aromatic rings. The van der Waals surface area contributed by atoms with Crippen molar-refractivity contribution in [2.75, 3.05) is 13.6 Å². The molecule has 0 aliphatic heterocycles. The molecule has 1 unspecified atom stereocenters. The molecule has 0 aliphatic rings. The molecule has 0 aromatic heterocycles. The highest BCUT2D eigenvalue weighted by Gasteiger charge is 2.12. The summed E-state index contributed by atoms with van der Waals surface area (Å²) in [6.45, 7) is 6.89. The van der Waals surface area contributed by atoms with E-state index in [1.54, 1.807) is 11.9 Å². The molecule has 0 saturated heterocycles. The summed E-state index contributed by atoms with van der Waals surface area (Å²) in [5.74, 6) is -0.212. The topological polar surface area (TPSA) is 69.6 Å². The van der Waals surface area contributed by atoms with Crippen molar-refractivity contribution in [3.05, 3.63) is 0 Å². The Kier molecular flexibility index (Phi) is 8.16. The molecule has 1 atom stereocenters. The second-order valence-corrected chi connectivity index (χ2v) is 5.24. The van der Waals surface area contributed by atoms with Gasteiger partial charge in [0.2, 0.25) is 0 Å². The molecular formula is C13H26N2O3. The molecule has 5 nitrogen and oxygen atoms in total. The smallest absolute Gasteiger partial charge is 0.317 e. The molecule has 0 spiro atoms. The fourth-order valence-electron chi connectivity index (χ4n) is 1.51. The Morgan fingerprint density at radius 3 is 2.33 bits per heavy atom. The molecule has 0 saturated carbocycles. The van der Waals surface area contributed by atoms with Crippen LogP contribution in [0.3, 0.4) is 0 Å². The first-order chi connectivity index (χ1) is 8.32. The molecule has 18 heavy (non-hydrogen) atoms. The van der Waals surface area contributed by atoms with Crippen LogP contribution in [0.5, 0.6) is 0 Å². The second kappa shape index (κ2) is 8.78. The third-order valence-electron chi connectivity index (χ3n) is 2.79. The van der Waals surface area contributed by atoms with E-state index >= 15 is 0 Å². The first-order valence-corrected chi connectivity index (χ1v) is 6.56. The molecule has 2 N–H and O–H groups in total. The number of nitrogens with one attached hydrogen (secondary N) is 1. The van der Waals surface area contributed by atoms with Crippen LogP contribution in [0.25, 0.3) is 0 Å². The van der Waals surface area contributed by atoms with E-state index in [2.05, 4.69) is 19.2 Å². The second-order valence-electron chi connectivity index (χ2n) is 5.24. The summed E-state index contributed by atoms with van der Waals surface area (Å²) in [5.41, 5.74) is 0. The van der Waals surface area contributed by atoms with Gasteiger partial charge in [-0.1, -0.05) is 13.8 Å². The predicted octanol–water partition coefficient (Wildman–Crippen LogP) is 2.32. The summed E-state index contributed by atoms with van der Waals surface area (Å²) in [5, 5.41) is 11.4. The third kappa shape index (κ3) is 8.84. The Balaban J connectivity index is 3.81. The largest absolute Gasteiger partial charge is 0.481 e. The first kappa shape index (κ1) is 16.7. The van der Waals surface area contributed by atoms with Crippen molar-refractivity contribution in [3.63, 3.8) is 0 Å². The zero-order valence-electron chi connectivity index (χ0n) is 11.9. The average molecular weight is 258 g/mol. The lowest BCUT2D eigenvalue weighted by Gasteiger charge is -2.22. The maximum atomic E-state index is 11.8. The van der Waals surface area contributed by atoms with E-state index in [1.165, 1.54) is 0 Å². The third-order valence-corrected chi connectivity index (χ3v) is 2.79. The van der Waals surface area contributed by atoms with Gasteiger partial charge in [-0.15, -0.1) is 0 Å². The Bertz CT molecular complexity index is 267. The highest BCUT2D eigenvalue weighted by molar-refractivity contribution is 5.74. The number of urea groups is 1. The summed E-state index contributed by atoms with van der Waals surface area (Å²) in [7, 11) is 1.78. The molecule has 0 aliphatic carbocycles. The van der Waals surface area contributed by atoms with E-state index in [1.807, 2.05) is 6.92 Å². The van der Waals surface area contributed by atoms with Crippen LogP contribution < -0.4 is 5.32 Å². The number of amides is 2. The van der Waals surface area contributed by atoms with Gasteiger partial charge in [-0.25, -0.2) is 4.79 Å². The van der Waals surface area contributed by atoms with Crippen molar-refractivity contribution >= 4 is 12.0 Å². The van der Waals surface area contributed by atoms with Crippen molar-refractivity contribution in [1.29, 1.82) is 0 Å². The minimum atomic E-state index is -0.789. The monoisotopic (exact) mass is 258 g/mol. The van der Waals surface area contributed by atoms with Crippen LogP contribution in [0, 0.1) is 5.92 Å². The van der Waals surface area contributed by atoms with E-state index in [4.69, 9.17) is 5.11 Å². The van der Waals surface area contributed by atoms with Crippen molar-refractivity contribution in [2.45, 2.75) is 52.5 Å². The fraction of sp³-hybridized carbons (Fsp3) is 0.846. The van der Waals surface area contributed by atoms with Crippen LogP contribution >= 0.6 is 0 Å². The number of carbonyl (C=O) groups excluding carboxylic acids is 1. The highest BCUT2D eigenvalue weighted by atomic mass is 16.4. The normalized spacial score (nSPS) is 12.3. The summed E-state index contributed by atoms with van der Waals surface area (Å²) in [4.78, 5) is 23.8. The van der Waals surface area contributed by atoms with Gasteiger partial charge < -0.3 is 15.3 Å². The summed E-state index contributed by atoms with van der Waals surface area (Å²) in [6, 6.07) is -0.0724. The van der Waals surface area contributed by atoms with Crippen molar-refractivity contribution < 1.29 is 14.7 Å². The standard InChI is InChI=1S/C13H26N2O3/c1-10(2)8-9-15(4)13(18)14-11(3)6-5-7-12(16)17/h10-11H,5-9H2,1-4H3,(H,14,18)(H,16,17). The number of hydrogen-bond donors (Lipinski definition) is 2. The van der Waals surface area contributed by atoms with Crippen LogP contribution in [0.4, 0.5) is 4.79 Å². The predicted molar refractivity (Wildman–Crippen MR) is 71.6 cm³/mol. The summed E-state index contributed by atoms with van der Waals surface area (Å²) < 4.78 is 0. The van der Waals surface area contributed by atoms with Gasteiger partial charge >= 0.3 is 12.0 Å². The van der Waals surface area contributed by atoms with Gasteiger partial charge in [-0.05, 0) is 32.1 Å². The molecule has 0 heterocycles. The number of carboxylic acid groups (broad SMARTS) is 1. The lowest BCUT2D eigenvalue weighted by atomic mass is 10.1. The van der Waals surface area contributed by atoms with Crippen LogP contribution in [0.1, 0.15) is 46.5 Å². The molecule has 106 valence electrons. The number of nitrogens with zero attached hydrogens (tertiary/aromatic N) is 1. The van der Waals surface area contributed by atoms with Gasteiger partial charge in [-0.2, -0.15) is 0 Å². The van der Waals surface area contributed by atoms with Crippen LogP contribution in [-0.4, -0.2) is 41.6 Å². The molecule has 0 rings (SSSR count). The van der Waals surface area contributed by atoms with Crippen LogP contribution in [-0.2, 0) is 4.79 Å². The van der Waals surface area contributed by atoms with E-state index < -0.39 is 5.97 Å². The molecule has 0 aromatic carbocycles. The number of aliphatic carboxylic acids is 1. The van der Waals surface area contributed by atoms with Crippen molar-refractivity contribution in [2.24, 2.45) is 5.92 Å². The highest BCUT2D eigenvalue weighted by Crippen LogP contribution is 2.03. The van der Waals surface area contributed by atoms with Gasteiger partial charge in [-0.3, -0.25) is 4.79 Å². The van der Waals surface area contributed by atoms with E-state index in [0.29, 0.717) is 18.8 Å². The molecule has 0 radical (unpaired) electrons. The zero-order chi connectivity index (χ0) is 14.1. The Morgan fingerprint density at radius 1 is 1.22 bits per heavy atom. The Labute approximate surface area is 110 Å². The minimum absolute atomic E-state index is 0.0124. The van der Waals surface area contributed by atoms with Crippen LogP contribution in [0.15, 0.2) is 0 Å². The van der Waals surface area contributed by atoms with Gasteiger partial charge in [0.1, 0.15) is 0 Å². The minimum Gasteiger partial charge on any atom is -0.481 e. The number of carbonyl (C=O) groups is 2. The van der Waals surface area contributed by atoms with Crippen LogP contribution in [0.2, 0.25) is 0 Å². The quantitative estimate of drug-likeness (QED) is 0.702. The molecule has 0 bridgehead atoms. The maximum Gasteiger partial charge on any atom is 0.317 e. The first-order valence-electron chi connectivity index (χ1n) is 6.56. The van der Waals surface area contributed by atoms with Crippen molar-refractivity contribution in [3.8, 4) is 0 Å². The van der Waals surface area contributed by atoms with E-state index in [0.717, 1.165) is 13.0 Å². The van der Waals surface area contributed by atoms with Gasteiger partial charge in [0.25, 0.3) is 0 Å². The fourth-order valence-corrected chi connectivity index (χ4v) is 1.51. The van der Waals surface area contributed by atoms with E-state index in [9.17, 15) is 9.59 Å². The lowest BCUT2D eigenvalue weighted by molar-refractivity contribution is -0.137. The summed E-state index contributed by atoms with van der Waals surface area (Å²) >= 11 is 0.